The van der Waals surface area contributed by atoms with Gasteiger partial charge < -0.3 is 5.11 Å². The molecule has 0 bridgehead atoms. The highest BCUT2D eigenvalue weighted by Crippen LogP contribution is 2.37. The Morgan fingerprint density at radius 2 is 1.92 bits per heavy atom. The second kappa shape index (κ2) is 2.20. The van der Waals surface area contributed by atoms with Crippen LogP contribution in [-0.2, 0) is 5.60 Å². The van der Waals surface area contributed by atoms with E-state index in [4.69, 9.17) is 0 Å². The summed E-state index contributed by atoms with van der Waals surface area (Å²) in [7, 11) is 0. The van der Waals surface area contributed by atoms with Crippen molar-refractivity contribution in [3.63, 3.8) is 0 Å². The van der Waals surface area contributed by atoms with Crippen molar-refractivity contribution in [1.29, 1.82) is 0 Å². The molecule has 0 saturated heterocycles. The monoisotopic (exact) mass is 160 g/mol. The lowest BCUT2D eigenvalue weighted by Crippen LogP contribution is -2.14. The van der Waals surface area contributed by atoms with E-state index in [2.05, 4.69) is 0 Å². The van der Waals surface area contributed by atoms with Crippen LogP contribution in [0.4, 0.5) is 0 Å². The molecular formula is C11H12O. The highest BCUT2D eigenvalue weighted by molar-refractivity contribution is 5.74. The predicted molar refractivity (Wildman–Crippen MR) is 49.7 cm³/mol. The van der Waals surface area contributed by atoms with Gasteiger partial charge in [0.05, 0.1) is 0 Å². The third-order valence-electron chi connectivity index (χ3n) is 2.39. The van der Waals surface area contributed by atoms with Crippen LogP contribution >= 0.6 is 0 Å². The fourth-order valence-corrected chi connectivity index (χ4v) is 1.85. The quantitative estimate of drug-likeness (QED) is 0.617. The first-order chi connectivity index (χ1) is 5.61. The van der Waals surface area contributed by atoms with Crippen molar-refractivity contribution >= 4 is 5.57 Å². The highest BCUT2D eigenvalue weighted by atomic mass is 16.3. The summed E-state index contributed by atoms with van der Waals surface area (Å²) in [5.74, 6) is 0. The molecule has 2 rings (SSSR count). The van der Waals surface area contributed by atoms with Gasteiger partial charge in [0.2, 0.25) is 0 Å². The van der Waals surface area contributed by atoms with E-state index >= 15 is 0 Å². The number of allylic oxidation sites excluding steroid dienone is 1. The van der Waals surface area contributed by atoms with Gasteiger partial charge in [-0.1, -0.05) is 24.3 Å². The van der Waals surface area contributed by atoms with Crippen LogP contribution in [-0.4, -0.2) is 5.11 Å². The molecule has 1 aromatic carbocycles. The van der Waals surface area contributed by atoms with Crippen molar-refractivity contribution < 1.29 is 5.11 Å². The van der Waals surface area contributed by atoms with Gasteiger partial charge in [-0.25, -0.2) is 0 Å². The van der Waals surface area contributed by atoms with Crippen LogP contribution in [0.15, 0.2) is 30.3 Å². The van der Waals surface area contributed by atoms with E-state index in [1.807, 2.05) is 44.2 Å². The van der Waals surface area contributed by atoms with E-state index < -0.39 is 5.60 Å². The molecule has 1 aliphatic carbocycles. The predicted octanol–water partition coefficient (Wildman–Crippen LogP) is 2.31. The number of rotatable bonds is 0. The Morgan fingerprint density at radius 1 is 1.25 bits per heavy atom. The van der Waals surface area contributed by atoms with Gasteiger partial charge in [0.25, 0.3) is 0 Å². The molecule has 12 heavy (non-hydrogen) atoms. The van der Waals surface area contributed by atoms with Gasteiger partial charge in [-0.15, -0.1) is 0 Å². The summed E-state index contributed by atoms with van der Waals surface area (Å²) in [4.78, 5) is 0. The van der Waals surface area contributed by atoms with Crippen LogP contribution in [0.2, 0.25) is 0 Å². The topological polar surface area (TPSA) is 20.2 Å². The normalized spacial score (nSPS) is 26.8. The molecule has 0 aromatic heterocycles. The smallest absolute Gasteiger partial charge is 0.106 e. The second-order valence-corrected chi connectivity index (χ2v) is 3.52. The Labute approximate surface area is 72.4 Å². The van der Waals surface area contributed by atoms with E-state index in [-0.39, 0.29) is 0 Å². The van der Waals surface area contributed by atoms with Crippen LogP contribution < -0.4 is 0 Å². The van der Waals surface area contributed by atoms with Crippen molar-refractivity contribution in [1.82, 2.24) is 0 Å². The molecule has 62 valence electrons. The molecule has 0 saturated carbocycles. The van der Waals surface area contributed by atoms with Crippen LogP contribution in [0.1, 0.15) is 25.0 Å². The Bertz CT molecular complexity index is 348. The fourth-order valence-electron chi connectivity index (χ4n) is 1.85. The van der Waals surface area contributed by atoms with Crippen molar-refractivity contribution in [2.45, 2.75) is 19.4 Å². The van der Waals surface area contributed by atoms with Crippen LogP contribution in [0.5, 0.6) is 0 Å². The summed E-state index contributed by atoms with van der Waals surface area (Å²) in [5.41, 5.74) is 2.58. The molecular weight excluding hydrogens is 148 g/mol. The molecule has 0 heterocycles. The van der Waals surface area contributed by atoms with Gasteiger partial charge >= 0.3 is 0 Å². The summed E-state index contributed by atoms with van der Waals surface area (Å²) in [6.45, 7) is 3.85. The number of aliphatic hydroxyl groups is 1. The SMILES string of the molecule is CC1=C[C@](C)(O)c2ccccc21. The van der Waals surface area contributed by atoms with Gasteiger partial charge in [-0.2, -0.15) is 0 Å². The van der Waals surface area contributed by atoms with E-state index in [0.717, 1.165) is 11.1 Å². The summed E-state index contributed by atoms with van der Waals surface area (Å²) >= 11 is 0. The van der Waals surface area contributed by atoms with Crippen LogP contribution in [0, 0.1) is 0 Å². The van der Waals surface area contributed by atoms with Crippen molar-refractivity contribution in [3.8, 4) is 0 Å². The molecule has 1 aliphatic rings. The zero-order chi connectivity index (χ0) is 8.77. The Morgan fingerprint density at radius 3 is 2.58 bits per heavy atom. The van der Waals surface area contributed by atoms with Gasteiger partial charge in [-0.3, -0.25) is 0 Å². The van der Waals surface area contributed by atoms with Gasteiger partial charge in [-0.05, 0) is 36.6 Å². The Kier molecular flexibility index (Phi) is 1.39. The Balaban J connectivity index is 2.68. The third kappa shape index (κ3) is 0.901. The molecule has 0 aliphatic heterocycles. The van der Waals surface area contributed by atoms with E-state index in [9.17, 15) is 5.11 Å². The van der Waals surface area contributed by atoms with E-state index in [0.29, 0.717) is 0 Å². The maximum absolute atomic E-state index is 9.94. The maximum Gasteiger partial charge on any atom is 0.106 e. The molecule has 1 heteroatoms. The minimum atomic E-state index is -0.763. The number of fused-ring (bicyclic) bond motifs is 1. The average Bonchev–Trinajstić information content (AvgIpc) is 2.25. The summed E-state index contributed by atoms with van der Waals surface area (Å²) in [6, 6.07) is 7.97. The van der Waals surface area contributed by atoms with E-state index in [1.165, 1.54) is 5.56 Å². The van der Waals surface area contributed by atoms with Crippen molar-refractivity contribution in [3.05, 3.63) is 41.5 Å². The fraction of sp³-hybridized carbons (Fsp3) is 0.273. The largest absolute Gasteiger partial charge is 0.381 e. The Hall–Kier alpha value is -1.08. The minimum Gasteiger partial charge on any atom is -0.381 e. The average molecular weight is 160 g/mol. The number of hydrogen-bond donors (Lipinski definition) is 1. The first kappa shape index (κ1) is 7.56. The number of benzene rings is 1. The zero-order valence-electron chi connectivity index (χ0n) is 7.33. The standard InChI is InChI=1S/C11H12O/c1-8-7-11(2,12)10-6-4-3-5-9(8)10/h3-7,12H,1-2H3/t11-/m0/s1. The van der Waals surface area contributed by atoms with Crippen molar-refractivity contribution in [2.24, 2.45) is 0 Å². The molecule has 1 N–H and O–H groups in total. The molecule has 0 radical (unpaired) electrons. The van der Waals surface area contributed by atoms with Gasteiger partial charge in [0.15, 0.2) is 0 Å². The van der Waals surface area contributed by atoms with Crippen LogP contribution in [0.25, 0.3) is 5.57 Å². The van der Waals surface area contributed by atoms with Gasteiger partial charge in [0, 0.05) is 0 Å². The molecule has 1 aromatic rings. The van der Waals surface area contributed by atoms with E-state index in [1.54, 1.807) is 0 Å². The first-order valence-electron chi connectivity index (χ1n) is 4.13. The lowest BCUT2D eigenvalue weighted by atomic mass is 9.98. The molecule has 0 spiro atoms. The summed E-state index contributed by atoms with van der Waals surface area (Å²) in [6.07, 6.45) is 1.90. The summed E-state index contributed by atoms with van der Waals surface area (Å²) in [5, 5.41) is 9.94. The number of hydrogen-bond acceptors (Lipinski definition) is 1. The third-order valence-corrected chi connectivity index (χ3v) is 2.39. The molecule has 1 nitrogen and oxygen atoms in total. The second-order valence-electron chi connectivity index (χ2n) is 3.52. The highest BCUT2D eigenvalue weighted by Gasteiger charge is 2.29. The maximum atomic E-state index is 9.94. The molecule has 0 amide bonds. The minimum absolute atomic E-state index is 0.763. The van der Waals surface area contributed by atoms with Gasteiger partial charge in [0.1, 0.15) is 5.60 Å². The summed E-state index contributed by atoms with van der Waals surface area (Å²) < 4.78 is 0. The van der Waals surface area contributed by atoms with Crippen LogP contribution in [0.3, 0.4) is 0 Å². The molecule has 1 atom stereocenters. The lowest BCUT2D eigenvalue weighted by Gasteiger charge is -2.15. The van der Waals surface area contributed by atoms with Crippen molar-refractivity contribution in [2.75, 3.05) is 0 Å². The first-order valence-corrected chi connectivity index (χ1v) is 4.13. The molecule has 0 fully saturated rings. The zero-order valence-corrected chi connectivity index (χ0v) is 7.33. The lowest BCUT2D eigenvalue weighted by molar-refractivity contribution is 0.115. The molecule has 0 unspecified atom stereocenters.